The monoisotopic (exact) mass is 659 g/mol. The lowest BCUT2D eigenvalue weighted by molar-refractivity contribution is -0.253. The van der Waals surface area contributed by atoms with Gasteiger partial charge in [0.25, 0.3) is 0 Å². The van der Waals surface area contributed by atoms with Crippen LogP contribution >= 0.6 is 0 Å². The highest BCUT2D eigenvalue weighted by Gasteiger charge is 2.35. The first-order valence-electron chi connectivity index (χ1n) is 17.2. The molecule has 2 saturated heterocycles. The number of nitrogens with one attached hydrogen (secondary N) is 2. The van der Waals surface area contributed by atoms with Crippen molar-refractivity contribution in [2.24, 2.45) is 0 Å². The van der Waals surface area contributed by atoms with E-state index in [1.807, 2.05) is 48.5 Å². The summed E-state index contributed by atoms with van der Waals surface area (Å²) in [4.78, 5) is 25.9. The Morgan fingerprint density at radius 2 is 1.54 bits per heavy atom. The van der Waals surface area contributed by atoms with Crippen LogP contribution in [-0.4, -0.2) is 64.0 Å². The molecule has 2 fully saturated rings. The average Bonchev–Trinajstić information content (AvgIpc) is 3.59. The molecule has 0 radical (unpaired) electrons. The fourth-order valence-corrected chi connectivity index (χ4v) is 6.63. The maximum Gasteiger partial charge on any atom is 0.243 e. The molecular weight excluding hydrogens is 610 g/mol. The number of rotatable bonds is 16. The van der Waals surface area contributed by atoms with Gasteiger partial charge in [0.2, 0.25) is 11.8 Å². The summed E-state index contributed by atoms with van der Waals surface area (Å²) < 4.78 is 13.2. The third-order valence-electron chi connectivity index (χ3n) is 9.35. The van der Waals surface area contributed by atoms with Crippen molar-refractivity contribution in [2.45, 2.75) is 95.5 Å². The number of carbonyl (C=O) groups excluding carboxylic acids is 2. The van der Waals surface area contributed by atoms with Gasteiger partial charge in [-0.3, -0.25) is 19.7 Å². The molecule has 3 aromatic rings. The van der Waals surface area contributed by atoms with Crippen LogP contribution in [0, 0.1) is 0 Å². The highest BCUT2D eigenvalue weighted by molar-refractivity contribution is 5.76. The number of nitrogens with zero attached hydrogens (tertiary/aromatic N) is 1. The van der Waals surface area contributed by atoms with Gasteiger partial charge in [-0.25, -0.2) is 5.48 Å². The van der Waals surface area contributed by atoms with E-state index in [1.165, 1.54) is 0 Å². The number of likely N-dealkylation sites (tertiary alicyclic amines) is 1. The molecule has 0 spiro atoms. The number of hydroxylamine groups is 1. The number of benzene rings is 3. The molecular formula is C38H49N3O7. The Kier molecular flexibility index (Phi) is 13.5. The average molecular weight is 660 g/mol. The van der Waals surface area contributed by atoms with Gasteiger partial charge in [-0.15, -0.1) is 0 Å². The number of hydrogen-bond acceptors (Lipinski definition) is 8. The molecule has 4 unspecified atom stereocenters. The summed E-state index contributed by atoms with van der Waals surface area (Å²) in [7, 11) is 0. The van der Waals surface area contributed by atoms with Crippen molar-refractivity contribution in [1.82, 2.24) is 15.7 Å². The molecule has 0 bridgehead atoms. The number of unbranched alkanes of at least 4 members (excludes halogenated alkanes) is 3. The van der Waals surface area contributed by atoms with Crippen molar-refractivity contribution >= 4 is 11.8 Å². The summed E-state index contributed by atoms with van der Waals surface area (Å²) in [5, 5.41) is 31.0. The lowest BCUT2D eigenvalue weighted by Gasteiger charge is -2.38. The van der Waals surface area contributed by atoms with Crippen LogP contribution in [-0.2, 0) is 32.2 Å². The van der Waals surface area contributed by atoms with Crippen molar-refractivity contribution in [3.63, 3.8) is 0 Å². The van der Waals surface area contributed by atoms with E-state index >= 15 is 0 Å². The van der Waals surface area contributed by atoms with E-state index in [9.17, 15) is 19.8 Å². The highest BCUT2D eigenvalue weighted by atomic mass is 16.7. The van der Waals surface area contributed by atoms with Crippen LogP contribution < -0.4 is 10.8 Å². The number of carbonyl (C=O) groups is 2. The van der Waals surface area contributed by atoms with E-state index in [0.717, 1.165) is 78.6 Å². The van der Waals surface area contributed by atoms with Gasteiger partial charge < -0.3 is 25.0 Å². The first kappa shape index (κ1) is 35.7. The van der Waals surface area contributed by atoms with Crippen LogP contribution in [0.1, 0.15) is 92.4 Å². The van der Waals surface area contributed by atoms with Gasteiger partial charge in [-0.2, -0.15) is 0 Å². The third-order valence-corrected chi connectivity index (χ3v) is 9.35. The lowest BCUT2D eigenvalue weighted by atomic mass is 9.98. The number of ether oxygens (including phenoxy) is 2. The van der Waals surface area contributed by atoms with Crippen molar-refractivity contribution in [3.05, 3.63) is 95.1 Å². The van der Waals surface area contributed by atoms with Crippen LogP contribution in [0.25, 0.3) is 11.1 Å². The van der Waals surface area contributed by atoms with Gasteiger partial charge >= 0.3 is 0 Å². The molecule has 2 aliphatic rings. The Hall–Kier alpha value is -3.64. The zero-order valence-corrected chi connectivity index (χ0v) is 27.6. The summed E-state index contributed by atoms with van der Waals surface area (Å²) >= 11 is 0. The third kappa shape index (κ3) is 10.2. The molecule has 2 heterocycles. The van der Waals surface area contributed by atoms with Crippen molar-refractivity contribution in [1.29, 1.82) is 0 Å². The zero-order valence-electron chi connectivity index (χ0n) is 27.6. The van der Waals surface area contributed by atoms with Gasteiger partial charge in [-0.05, 0) is 72.2 Å². The minimum atomic E-state index is -0.573. The number of aliphatic hydroxyl groups excluding tert-OH is 2. The van der Waals surface area contributed by atoms with Crippen LogP contribution in [0.4, 0.5) is 0 Å². The molecule has 10 nitrogen and oxygen atoms in total. The quantitative estimate of drug-likeness (QED) is 0.0792. The van der Waals surface area contributed by atoms with Crippen molar-refractivity contribution in [2.75, 3.05) is 19.7 Å². The fraction of sp³-hybridized carbons (Fsp3) is 0.474. The largest absolute Gasteiger partial charge is 0.395 e. The smallest absolute Gasteiger partial charge is 0.243 e. The summed E-state index contributed by atoms with van der Waals surface area (Å²) in [5.74, 6) is -0.386. The maximum absolute atomic E-state index is 12.4. The summed E-state index contributed by atoms with van der Waals surface area (Å²) in [6, 6.07) is 24.4. The molecule has 5 rings (SSSR count). The Labute approximate surface area is 283 Å². The fourth-order valence-electron chi connectivity index (χ4n) is 6.63. The normalized spacial score (nSPS) is 21.2. The summed E-state index contributed by atoms with van der Waals surface area (Å²) in [6.07, 6.45) is 5.77. The molecule has 4 atom stereocenters. The van der Waals surface area contributed by atoms with Gasteiger partial charge in [0.15, 0.2) is 6.29 Å². The predicted molar refractivity (Wildman–Crippen MR) is 181 cm³/mol. The highest BCUT2D eigenvalue weighted by Crippen LogP contribution is 2.39. The van der Waals surface area contributed by atoms with Crippen LogP contribution in [0.15, 0.2) is 72.8 Å². The Bertz CT molecular complexity index is 1470. The number of amides is 2. The van der Waals surface area contributed by atoms with E-state index in [2.05, 4.69) is 34.5 Å². The maximum atomic E-state index is 12.4. The number of hydrogen-bond donors (Lipinski definition) is 5. The first-order chi connectivity index (χ1) is 23.4. The minimum Gasteiger partial charge on any atom is -0.395 e. The van der Waals surface area contributed by atoms with E-state index in [0.29, 0.717) is 25.8 Å². The second-order valence-electron chi connectivity index (χ2n) is 12.9. The predicted octanol–water partition coefficient (Wildman–Crippen LogP) is 5.31. The van der Waals surface area contributed by atoms with E-state index in [1.54, 1.807) is 5.48 Å². The standard InChI is InChI=1S/C38H49N3O7/c42-25-27-15-17-29(18-16-27)35-22-34(24-41-19-7-12-33(41)26-43)47-38(48-35)32-11-6-10-31(21-32)30-9-5-8-28(20-30)23-39-36(44)13-3-1-2-4-14-37(45)40-46/h5-6,8-11,15-18,20-21,33-35,38,42-43,46H,1-4,7,12-14,19,22-26H2,(H,39,44)(H,40,45). The zero-order chi connectivity index (χ0) is 33.7. The molecule has 0 saturated carbocycles. The van der Waals surface area contributed by atoms with Gasteiger partial charge in [-0.1, -0.05) is 73.5 Å². The molecule has 3 aromatic carbocycles. The van der Waals surface area contributed by atoms with Crippen molar-refractivity contribution < 1.29 is 34.5 Å². The Morgan fingerprint density at radius 3 is 2.27 bits per heavy atom. The molecule has 2 aliphatic heterocycles. The van der Waals surface area contributed by atoms with Crippen LogP contribution in [0.5, 0.6) is 0 Å². The van der Waals surface area contributed by atoms with Gasteiger partial charge in [0.1, 0.15) is 0 Å². The second-order valence-corrected chi connectivity index (χ2v) is 12.9. The lowest BCUT2D eigenvalue weighted by Crippen LogP contribution is -2.42. The molecule has 48 heavy (non-hydrogen) atoms. The van der Waals surface area contributed by atoms with Gasteiger partial charge in [0, 0.05) is 44.0 Å². The summed E-state index contributed by atoms with van der Waals surface area (Å²) in [6.45, 7) is 2.26. The molecule has 5 N–H and O–H groups in total. The molecule has 0 aromatic heterocycles. The molecule has 0 aliphatic carbocycles. The Morgan fingerprint density at radius 1 is 0.812 bits per heavy atom. The second kappa shape index (κ2) is 18.2. The SMILES string of the molecule is O=C(CCCCCCC(=O)NCc1cccc(-c2cccc(C3OC(CN4CCCC4CO)CC(c4ccc(CO)cc4)O3)c2)c1)NO. The topological polar surface area (TPSA) is 141 Å². The Balaban J connectivity index is 1.22. The van der Waals surface area contributed by atoms with E-state index in [-0.39, 0.29) is 49.7 Å². The number of aliphatic hydroxyl groups is 2. The van der Waals surface area contributed by atoms with Gasteiger partial charge in [0.05, 0.1) is 25.4 Å². The minimum absolute atomic E-state index is 0.00329. The van der Waals surface area contributed by atoms with Crippen LogP contribution in [0.3, 0.4) is 0 Å². The molecule has 2 amide bonds. The van der Waals surface area contributed by atoms with E-state index < -0.39 is 6.29 Å². The molecule has 258 valence electrons. The molecule has 10 heteroatoms. The van der Waals surface area contributed by atoms with Crippen molar-refractivity contribution in [3.8, 4) is 11.1 Å². The first-order valence-corrected chi connectivity index (χ1v) is 17.2. The van der Waals surface area contributed by atoms with E-state index in [4.69, 9.17) is 14.7 Å². The summed E-state index contributed by atoms with van der Waals surface area (Å²) in [5.41, 5.74) is 7.51. The van der Waals surface area contributed by atoms with Crippen LogP contribution in [0.2, 0.25) is 0 Å².